The number of Topliss-reactive ketones (excluding diaryl/α,β-unsaturated/α-hetero) is 1. The van der Waals surface area contributed by atoms with E-state index in [0.717, 1.165) is 12.0 Å². The quantitative estimate of drug-likeness (QED) is 0.692. The van der Waals surface area contributed by atoms with E-state index in [9.17, 15) is 22.8 Å². The van der Waals surface area contributed by atoms with E-state index in [-0.39, 0.29) is 23.1 Å². The number of carbonyl (C=O) groups excluding carboxylic acids is 3. The van der Waals surface area contributed by atoms with Gasteiger partial charge in [-0.3, -0.25) is 14.4 Å². The Hall–Kier alpha value is -3.04. The Morgan fingerprint density at radius 3 is 2.55 bits per heavy atom. The standard InChI is InChI=1S/C22H23N3O5S/c1-14(26)15-6-9-18(10-7-15)31(29,30)25-11-3-2-4-20(25)22(28)24-17-8-5-16-13-23-21(27)19(16)12-17/h5-10,12,20H,2-4,11,13H2,1H3,(H,23,27)(H,24,28). The molecule has 2 aromatic carbocycles. The third kappa shape index (κ3) is 4.11. The van der Waals surface area contributed by atoms with Crippen LogP contribution in [0.1, 0.15) is 52.5 Å². The number of benzene rings is 2. The first-order chi connectivity index (χ1) is 14.8. The van der Waals surface area contributed by atoms with Crippen LogP contribution in [0, 0.1) is 0 Å². The lowest BCUT2D eigenvalue weighted by atomic mass is 10.0. The third-order valence-corrected chi connectivity index (χ3v) is 7.61. The molecule has 1 atom stereocenters. The van der Waals surface area contributed by atoms with E-state index in [1.165, 1.54) is 35.5 Å². The summed E-state index contributed by atoms with van der Waals surface area (Å²) in [5.74, 6) is -0.772. The number of hydrogen-bond acceptors (Lipinski definition) is 5. The van der Waals surface area contributed by atoms with Crippen molar-refractivity contribution in [3.63, 3.8) is 0 Å². The van der Waals surface area contributed by atoms with Crippen molar-refractivity contribution in [2.45, 2.75) is 43.7 Å². The highest BCUT2D eigenvalue weighted by Gasteiger charge is 2.37. The first kappa shape index (κ1) is 21.2. The maximum absolute atomic E-state index is 13.2. The highest BCUT2D eigenvalue weighted by Crippen LogP contribution is 2.27. The molecule has 0 radical (unpaired) electrons. The molecule has 2 amide bonds. The van der Waals surface area contributed by atoms with Gasteiger partial charge in [0.1, 0.15) is 6.04 Å². The number of rotatable bonds is 5. The number of ketones is 1. The molecule has 0 spiro atoms. The minimum atomic E-state index is -3.91. The fourth-order valence-electron chi connectivity index (χ4n) is 3.97. The Kier molecular flexibility index (Phi) is 5.63. The number of hydrogen-bond donors (Lipinski definition) is 2. The fraction of sp³-hybridized carbons (Fsp3) is 0.318. The Morgan fingerprint density at radius 1 is 1.10 bits per heavy atom. The van der Waals surface area contributed by atoms with Gasteiger partial charge < -0.3 is 10.6 Å². The number of nitrogens with zero attached hydrogens (tertiary/aromatic N) is 1. The smallest absolute Gasteiger partial charge is 0.251 e. The summed E-state index contributed by atoms with van der Waals surface area (Å²) in [6.07, 6.45) is 1.80. The van der Waals surface area contributed by atoms with Crippen molar-refractivity contribution >= 4 is 33.3 Å². The second-order valence-corrected chi connectivity index (χ2v) is 9.64. The number of carbonyl (C=O) groups is 3. The van der Waals surface area contributed by atoms with E-state index in [1.54, 1.807) is 18.2 Å². The van der Waals surface area contributed by atoms with Crippen LogP contribution in [-0.2, 0) is 21.4 Å². The van der Waals surface area contributed by atoms with Crippen LogP contribution < -0.4 is 10.6 Å². The zero-order valence-corrected chi connectivity index (χ0v) is 17.9. The van der Waals surface area contributed by atoms with Gasteiger partial charge in [0.05, 0.1) is 4.90 Å². The number of anilines is 1. The lowest BCUT2D eigenvalue weighted by Crippen LogP contribution is -2.49. The highest BCUT2D eigenvalue weighted by atomic mass is 32.2. The second kappa shape index (κ2) is 8.24. The van der Waals surface area contributed by atoms with Crippen molar-refractivity contribution < 1.29 is 22.8 Å². The summed E-state index contributed by atoms with van der Waals surface area (Å²) < 4.78 is 27.7. The van der Waals surface area contributed by atoms with Crippen LogP contribution in [0.4, 0.5) is 5.69 Å². The molecule has 9 heteroatoms. The summed E-state index contributed by atoms with van der Waals surface area (Å²) in [5.41, 5.74) is 2.25. The van der Waals surface area contributed by atoms with E-state index in [2.05, 4.69) is 10.6 Å². The first-order valence-electron chi connectivity index (χ1n) is 10.1. The van der Waals surface area contributed by atoms with Gasteiger partial charge in [0.15, 0.2) is 5.78 Å². The molecule has 31 heavy (non-hydrogen) atoms. The maximum atomic E-state index is 13.2. The summed E-state index contributed by atoms with van der Waals surface area (Å²) in [6, 6.07) is 9.98. The average molecular weight is 442 g/mol. The minimum absolute atomic E-state index is 0.0476. The average Bonchev–Trinajstić information content (AvgIpc) is 3.14. The first-order valence-corrected chi connectivity index (χ1v) is 11.6. The molecule has 1 fully saturated rings. The van der Waals surface area contributed by atoms with Gasteiger partial charge in [0, 0.05) is 29.9 Å². The largest absolute Gasteiger partial charge is 0.348 e. The molecule has 2 aliphatic heterocycles. The molecule has 2 N–H and O–H groups in total. The lowest BCUT2D eigenvalue weighted by Gasteiger charge is -2.33. The van der Waals surface area contributed by atoms with Crippen LogP contribution in [0.3, 0.4) is 0 Å². The predicted octanol–water partition coefficient (Wildman–Crippen LogP) is 2.31. The molecule has 0 saturated carbocycles. The molecule has 0 aliphatic carbocycles. The van der Waals surface area contributed by atoms with E-state index < -0.39 is 22.0 Å². The van der Waals surface area contributed by atoms with Crippen molar-refractivity contribution in [3.8, 4) is 0 Å². The summed E-state index contributed by atoms with van der Waals surface area (Å²) in [7, 11) is -3.91. The molecular weight excluding hydrogens is 418 g/mol. The predicted molar refractivity (Wildman–Crippen MR) is 114 cm³/mol. The van der Waals surface area contributed by atoms with Crippen LogP contribution >= 0.6 is 0 Å². The van der Waals surface area contributed by atoms with E-state index in [1.807, 2.05) is 0 Å². The van der Waals surface area contributed by atoms with Crippen LogP contribution in [0.5, 0.6) is 0 Å². The van der Waals surface area contributed by atoms with Gasteiger partial charge in [-0.05, 0) is 49.6 Å². The molecular formula is C22H23N3O5S. The molecule has 1 unspecified atom stereocenters. The van der Waals surface area contributed by atoms with E-state index in [4.69, 9.17) is 0 Å². The topological polar surface area (TPSA) is 113 Å². The van der Waals surface area contributed by atoms with Gasteiger partial charge in [0.25, 0.3) is 5.91 Å². The van der Waals surface area contributed by atoms with Crippen molar-refractivity contribution in [3.05, 3.63) is 59.2 Å². The molecule has 8 nitrogen and oxygen atoms in total. The van der Waals surface area contributed by atoms with E-state index >= 15 is 0 Å². The molecule has 1 saturated heterocycles. The minimum Gasteiger partial charge on any atom is -0.348 e. The van der Waals surface area contributed by atoms with Gasteiger partial charge in [0.2, 0.25) is 15.9 Å². The van der Waals surface area contributed by atoms with Gasteiger partial charge in [-0.1, -0.05) is 24.6 Å². The molecule has 162 valence electrons. The van der Waals surface area contributed by atoms with Crippen LogP contribution in [0.25, 0.3) is 0 Å². The number of nitrogens with one attached hydrogen (secondary N) is 2. The van der Waals surface area contributed by atoms with Gasteiger partial charge >= 0.3 is 0 Å². The number of fused-ring (bicyclic) bond motifs is 1. The molecule has 4 rings (SSSR count). The van der Waals surface area contributed by atoms with Crippen LogP contribution in [-0.4, -0.2) is 42.9 Å². The SMILES string of the molecule is CC(=O)c1ccc(S(=O)(=O)N2CCCCC2C(=O)Nc2ccc3c(c2)C(=O)NC3)cc1. The van der Waals surface area contributed by atoms with Crippen LogP contribution in [0.15, 0.2) is 47.4 Å². The maximum Gasteiger partial charge on any atom is 0.251 e. The number of amides is 2. The monoisotopic (exact) mass is 441 g/mol. The Morgan fingerprint density at radius 2 is 1.84 bits per heavy atom. The summed E-state index contributed by atoms with van der Waals surface area (Å²) in [4.78, 5) is 36.4. The summed E-state index contributed by atoms with van der Waals surface area (Å²) in [5, 5.41) is 5.49. The molecule has 2 aromatic rings. The van der Waals surface area contributed by atoms with Crippen molar-refractivity contribution in [2.24, 2.45) is 0 Å². The zero-order valence-electron chi connectivity index (χ0n) is 17.1. The van der Waals surface area contributed by atoms with Crippen molar-refractivity contribution in [1.29, 1.82) is 0 Å². The zero-order chi connectivity index (χ0) is 22.2. The molecule has 2 heterocycles. The number of piperidine rings is 1. The Bertz CT molecular complexity index is 1160. The second-order valence-electron chi connectivity index (χ2n) is 7.75. The molecule has 0 aromatic heterocycles. The van der Waals surface area contributed by atoms with Crippen molar-refractivity contribution in [2.75, 3.05) is 11.9 Å². The molecule has 0 bridgehead atoms. The van der Waals surface area contributed by atoms with Crippen LogP contribution in [0.2, 0.25) is 0 Å². The normalized spacial score (nSPS) is 18.9. The highest BCUT2D eigenvalue weighted by molar-refractivity contribution is 7.89. The lowest BCUT2D eigenvalue weighted by molar-refractivity contribution is -0.120. The van der Waals surface area contributed by atoms with Crippen molar-refractivity contribution in [1.82, 2.24) is 9.62 Å². The van der Waals surface area contributed by atoms with Gasteiger partial charge in [-0.2, -0.15) is 4.31 Å². The summed E-state index contributed by atoms with van der Waals surface area (Å²) >= 11 is 0. The van der Waals surface area contributed by atoms with Gasteiger partial charge in [-0.15, -0.1) is 0 Å². The molecule has 2 aliphatic rings. The Labute approximate surface area is 180 Å². The summed E-state index contributed by atoms with van der Waals surface area (Å²) in [6.45, 7) is 2.11. The third-order valence-electron chi connectivity index (χ3n) is 5.69. The Balaban J connectivity index is 1.57. The van der Waals surface area contributed by atoms with Gasteiger partial charge in [-0.25, -0.2) is 8.42 Å². The fourth-order valence-corrected chi connectivity index (χ4v) is 5.62. The number of sulfonamides is 1. The van der Waals surface area contributed by atoms with E-state index in [0.29, 0.717) is 36.2 Å².